The lowest BCUT2D eigenvalue weighted by Gasteiger charge is -2.19. The van der Waals surface area contributed by atoms with Gasteiger partial charge in [-0.25, -0.2) is 4.79 Å². The summed E-state index contributed by atoms with van der Waals surface area (Å²) < 4.78 is 5.08. The molecule has 8 heteroatoms. The fraction of sp³-hybridized carbons (Fsp3) is 0.261. The molecule has 2 rings (SSSR count). The first kappa shape index (κ1) is 24.0. The average Bonchev–Trinajstić information content (AvgIpc) is 2.69. The third kappa shape index (κ3) is 9.35. The van der Waals surface area contributed by atoms with Crippen LogP contribution in [0.3, 0.4) is 0 Å². The highest BCUT2D eigenvalue weighted by Gasteiger charge is 2.16. The Kier molecular flexibility index (Phi) is 8.63. The molecular formula is C23H26ClN3O4. The van der Waals surface area contributed by atoms with E-state index in [-0.39, 0.29) is 24.9 Å². The number of anilines is 1. The van der Waals surface area contributed by atoms with E-state index in [1.54, 1.807) is 69.3 Å². The molecule has 0 radical (unpaired) electrons. The van der Waals surface area contributed by atoms with Crippen LogP contribution in [0.4, 0.5) is 10.5 Å². The van der Waals surface area contributed by atoms with Crippen LogP contribution in [0.2, 0.25) is 5.02 Å². The average molecular weight is 444 g/mol. The summed E-state index contributed by atoms with van der Waals surface area (Å²) in [7, 11) is 0. The topological polar surface area (TPSA) is 96.5 Å². The van der Waals surface area contributed by atoms with E-state index in [1.165, 1.54) is 6.08 Å². The van der Waals surface area contributed by atoms with E-state index >= 15 is 0 Å². The standard InChI is InChI=1S/C23H26ClN3O4/c1-23(2,3)31-22(30)26-15-21(29)25-14-17-8-4-5-10-19(17)27-20(28)12-11-16-7-6-9-18(24)13-16/h4-13H,14-15H2,1-3H3,(H,25,29)(H,26,30)(H,27,28)/b12-11+. The van der Waals surface area contributed by atoms with Crippen LogP contribution < -0.4 is 16.0 Å². The van der Waals surface area contributed by atoms with Gasteiger partial charge in [0.1, 0.15) is 12.1 Å². The summed E-state index contributed by atoms with van der Waals surface area (Å²) in [6.07, 6.45) is 2.40. The number of hydrogen-bond donors (Lipinski definition) is 3. The number of halogens is 1. The molecule has 0 aliphatic heterocycles. The largest absolute Gasteiger partial charge is 0.444 e. The lowest BCUT2D eigenvalue weighted by Crippen LogP contribution is -2.39. The highest BCUT2D eigenvalue weighted by molar-refractivity contribution is 6.30. The molecule has 0 fully saturated rings. The first-order valence-corrected chi connectivity index (χ1v) is 10.1. The Labute approximate surface area is 186 Å². The SMILES string of the molecule is CC(C)(C)OC(=O)NCC(=O)NCc1ccccc1NC(=O)/C=C/c1cccc(Cl)c1. The number of benzene rings is 2. The van der Waals surface area contributed by atoms with E-state index in [9.17, 15) is 14.4 Å². The van der Waals surface area contributed by atoms with E-state index in [4.69, 9.17) is 16.3 Å². The molecule has 0 aliphatic carbocycles. The van der Waals surface area contributed by atoms with Crippen LogP contribution in [0.5, 0.6) is 0 Å². The van der Waals surface area contributed by atoms with Crippen LogP contribution in [0.25, 0.3) is 6.08 Å². The molecule has 0 bridgehead atoms. The van der Waals surface area contributed by atoms with Gasteiger partial charge >= 0.3 is 6.09 Å². The van der Waals surface area contributed by atoms with Crippen molar-refractivity contribution < 1.29 is 19.1 Å². The van der Waals surface area contributed by atoms with Gasteiger partial charge in [-0.05, 0) is 56.2 Å². The summed E-state index contributed by atoms with van der Waals surface area (Å²) in [6.45, 7) is 5.18. The zero-order chi connectivity index (χ0) is 22.9. The Bertz CT molecular complexity index is 967. The molecule has 164 valence electrons. The lowest BCUT2D eigenvalue weighted by atomic mass is 10.1. The summed E-state index contributed by atoms with van der Waals surface area (Å²) >= 11 is 5.94. The van der Waals surface area contributed by atoms with Crippen molar-refractivity contribution in [3.05, 3.63) is 70.8 Å². The van der Waals surface area contributed by atoms with Crippen molar-refractivity contribution in [2.75, 3.05) is 11.9 Å². The van der Waals surface area contributed by atoms with E-state index in [2.05, 4.69) is 16.0 Å². The third-order valence-electron chi connectivity index (χ3n) is 3.82. The molecule has 0 saturated heterocycles. The molecular weight excluding hydrogens is 418 g/mol. The van der Waals surface area contributed by atoms with Crippen LogP contribution in [-0.2, 0) is 20.9 Å². The summed E-state index contributed by atoms with van der Waals surface area (Å²) in [5, 5.41) is 8.48. The first-order valence-electron chi connectivity index (χ1n) is 9.68. The maximum absolute atomic E-state index is 12.3. The Morgan fingerprint density at radius 2 is 1.77 bits per heavy atom. The normalized spacial score (nSPS) is 11.1. The minimum absolute atomic E-state index is 0.184. The summed E-state index contributed by atoms with van der Waals surface area (Å²) in [4.78, 5) is 35.9. The number of carbonyl (C=O) groups is 3. The van der Waals surface area contributed by atoms with Crippen molar-refractivity contribution in [2.24, 2.45) is 0 Å². The smallest absolute Gasteiger partial charge is 0.408 e. The van der Waals surface area contributed by atoms with Gasteiger partial charge in [0, 0.05) is 23.3 Å². The van der Waals surface area contributed by atoms with Gasteiger partial charge in [-0.3, -0.25) is 9.59 Å². The molecule has 0 aliphatic rings. The monoisotopic (exact) mass is 443 g/mol. The van der Waals surface area contributed by atoms with Crippen molar-refractivity contribution in [1.82, 2.24) is 10.6 Å². The van der Waals surface area contributed by atoms with Gasteiger partial charge in [0.25, 0.3) is 0 Å². The second-order valence-electron chi connectivity index (χ2n) is 7.67. The van der Waals surface area contributed by atoms with Gasteiger partial charge in [-0.2, -0.15) is 0 Å². The fourth-order valence-electron chi connectivity index (χ4n) is 2.48. The summed E-state index contributed by atoms with van der Waals surface area (Å²) in [5.41, 5.74) is 1.46. The molecule has 0 spiro atoms. The Morgan fingerprint density at radius 3 is 2.48 bits per heavy atom. The molecule has 2 aromatic carbocycles. The minimum Gasteiger partial charge on any atom is -0.444 e. The van der Waals surface area contributed by atoms with E-state index < -0.39 is 11.7 Å². The van der Waals surface area contributed by atoms with Gasteiger partial charge in [-0.15, -0.1) is 0 Å². The quantitative estimate of drug-likeness (QED) is 0.560. The van der Waals surface area contributed by atoms with Crippen molar-refractivity contribution in [1.29, 1.82) is 0 Å². The number of nitrogens with one attached hydrogen (secondary N) is 3. The zero-order valence-electron chi connectivity index (χ0n) is 17.7. The molecule has 3 N–H and O–H groups in total. The number of ether oxygens (including phenoxy) is 1. The van der Waals surface area contributed by atoms with Gasteiger partial charge < -0.3 is 20.7 Å². The van der Waals surface area contributed by atoms with E-state index in [0.29, 0.717) is 10.7 Å². The number of rotatable bonds is 7. The van der Waals surface area contributed by atoms with Crippen LogP contribution >= 0.6 is 11.6 Å². The van der Waals surface area contributed by atoms with Gasteiger partial charge in [0.05, 0.1) is 0 Å². The Balaban J connectivity index is 1.88. The molecule has 31 heavy (non-hydrogen) atoms. The third-order valence-corrected chi connectivity index (χ3v) is 4.05. The fourth-order valence-corrected chi connectivity index (χ4v) is 2.67. The molecule has 0 unspecified atom stereocenters. The number of para-hydroxylation sites is 1. The van der Waals surface area contributed by atoms with Crippen LogP contribution in [-0.4, -0.2) is 30.1 Å². The van der Waals surface area contributed by atoms with Gasteiger partial charge in [-0.1, -0.05) is 41.9 Å². The maximum Gasteiger partial charge on any atom is 0.408 e. The van der Waals surface area contributed by atoms with Crippen molar-refractivity contribution in [3.8, 4) is 0 Å². The second-order valence-corrected chi connectivity index (χ2v) is 8.10. The van der Waals surface area contributed by atoms with Crippen LogP contribution in [0.1, 0.15) is 31.9 Å². The molecule has 0 aromatic heterocycles. The maximum atomic E-state index is 12.3. The number of amides is 3. The number of hydrogen-bond acceptors (Lipinski definition) is 4. The van der Waals surface area contributed by atoms with Crippen LogP contribution in [0, 0.1) is 0 Å². The lowest BCUT2D eigenvalue weighted by molar-refractivity contribution is -0.120. The van der Waals surface area contributed by atoms with Crippen molar-refractivity contribution in [2.45, 2.75) is 32.9 Å². The summed E-state index contributed by atoms with van der Waals surface area (Å²) in [6, 6.07) is 14.3. The predicted octanol–water partition coefficient (Wildman–Crippen LogP) is 4.13. The van der Waals surface area contributed by atoms with Crippen LogP contribution in [0.15, 0.2) is 54.6 Å². The van der Waals surface area contributed by atoms with E-state index in [1.807, 2.05) is 6.07 Å². The van der Waals surface area contributed by atoms with Gasteiger partial charge in [0.2, 0.25) is 11.8 Å². The highest BCUT2D eigenvalue weighted by Crippen LogP contribution is 2.16. The molecule has 0 saturated carbocycles. The molecule has 3 amide bonds. The predicted molar refractivity (Wildman–Crippen MR) is 122 cm³/mol. The minimum atomic E-state index is -0.665. The van der Waals surface area contributed by atoms with Crippen molar-refractivity contribution >= 4 is 41.3 Å². The Morgan fingerprint density at radius 1 is 1.03 bits per heavy atom. The molecule has 2 aromatic rings. The second kappa shape index (κ2) is 11.2. The van der Waals surface area contributed by atoms with E-state index in [0.717, 1.165) is 11.1 Å². The highest BCUT2D eigenvalue weighted by atomic mass is 35.5. The Hall–Kier alpha value is -3.32. The zero-order valence-corrected chi connectivity index (χ0v) is 18.5. The number of alkyl carbamates (subject to hydrolysis) is 1. The van der Waals surface area contributed by atoms with Gasteiger partial charge in [0.15, 0.2) is 0 Å². The molecule has 0 atom stereocenters. The molecule has 7 nitrogen and oxygen atoms in total. The van der Waals surface area contributed by atoms with Crippen molar-refractivity contribution in [3.63, 3.8) is 0 Å². The first-order chi connectivity index (χ1) is 14.6. The molecule has 0 heterocycles. The number of carbonyl (C=O) groups excluding carboxylic acids is 3. The summed E-state index contributed by atoms with van der Waals surface area (Å²) in [5.74, 6) is -0.696.